The smallest absolute Gasteiger partial charge is 0.318 e. The van der Waals surface area contributed by atoms with Crippen molar-refractivity contribution >= 4 is 11.2 Å². The van der Waals surface area contributed by atoms with Gasteiger partial charge in [0.15, 0.2) is 5.65 Å². The molecule has 7 nitrogen and oxygen atoms in total. The number of methoxy groups -OCH3 is 1. The SMILES string of the molecule is COc1ccc2c(n1)n(C1CCN(C(C)(C)C)CC1)c(=O)c(=O)n2C. The van der Waals surface area contributed by atoms with Crippen LogP contribution in [0.2, 0.25) is 0 Å². The van der Waals surface area contributed by atoms with Crippen LogP contribution in [0, 0.1) is 0 Å². The second-order valence-electron chi connectivity index (χ2n) is 7.62. The summed E-state index contributed by atoms with van der Waals surface area (Å²) in [5.74, 6) is 0.437. The van der Waals surface area contributed by atoms with E-state index in [0.717, 1.165) is 25.9 Å². The topological polar surface area (TPSA) is 69.4 Å². The van der Waals surface area contributed by atoms with Gasteiger partial charge >= 0.3 is 11.1 Å². The number of fused-ring (bicyclic) bond motifs is 1. The lowest BCUT2D eigenvalue weighted by atomic mass is 9.98. The first kappa shape index (κ1) is 17.7. The molecule has 0 aliphatic carbocycles. The van der Waals surface area contributed by atoms with Crippen LogP contribution in [0.5, 0.6) is 5.88 Å². The third-order valence-corrected chi connectivity index (χ3v) is 5.11. The maximum atomic E-state index is 12.7. The lowest BCUT2D eigenvalue weighted by Gasteiger charge is -2.41. The van der Waals surface area contributed by atoms with Crippen LogP contribution < -0.4 is 15.9 Å². The van der Waals surface area contributed by atoms with Gasteiger partial charge in [-0.25, -0.2) is 0 Å². The summed E-state index contributed by atoms with van der Waals surface area (Å²) in [7, 11) is 3.15. The number of likely N-dealkylation sites (tertiary alicyclic amines) is 1. The summed E-state index contributed by atoms with van der Waals surface area (Å²) in [4.78, 5) is 32.0. The van der Waals surface area contributed by atoms with Gasteiger partial charge in [-0.15, -0.1) is 0 Å². The van der Waals surface area contributed by atoms with Crippen molar-refractivity contribution in [2.45, 2.75) is 45.2 Å². The largest absolute Gasteiger partial charge is 0.481 e. The first-order chi connectivity index (χ1) is 11.7. The fourth-order valence-electron chi connectivity index (χ4n) is 3.56. The van der Waals surface area contributed by atoms with E-state index in [1.807, 2.05) is 0 Å². The molecule has 7 heteroatoms. The molecule has 1 fully saturated rings. The lowest BCUT2D eigenvalue weighted by Crippen LogP contribution is -2.49. The maximum absolute atomic E-state index is 12.7. The van der Waals surface area contributed by atoms with E-state index in [-0.39, 0.29) is 11.6 Å². The molecule has 1 aliphatic heterocycles. The van der Waals surface area contributed by atoms with Gasteiger partial charge in [0.25, 0.3) is 0 Å². The Kier molecular flexibility index (Phi) is 4.45. The van der Waals surface area contributed by atoms with Crippen LogP contribution in [-0.4, -0.2) is 44.8 Å². The summed E-state index contributed by atoms with van der Waals surface area (Å²) in [6.07, 6.45) is 1.64. The van der Waals surface area contributed by atoms with Crippen LogP contribution in [0.1, 0.15) is 39.7 Å². The van der Waals surface area contributed by atoms with Crippen molar-refractivity contribution in [1.29, 1.82) is 0 Å². The number of nitrogens with zero attached hydrogens (tertiary/aromatic N) is 4. The minimum atomic E-state index is -0.516. The summed E-state index contributed by atoms with van der Waals surface area (Å²) in [5, 5.41) is 0. The number of hydrogen-bond acceptors (Lipinski definition) is 5. The molecular formula is C18H26N4O3. The van der Waals surface area contributed by atoms with Gasteiger partial charge in [-0.1, -0.05) is 0 Å². The zero-order chi connectivity index (χ0) is 18.4. The molecule has 0 saturated carbocycles. The van der Waals surface area contributed by atoms with Crippen LogP contribution in [0.4, 0.5) is 0 Å². The van der Waals surface area contributed by atoms with Crippen molar-refractivity contribution in [2.75, 3.05) is 20.2 Å². The molecule has 0 spiro atoms. The van der Waals surface area contributed by atoms with Crippen molar-refractivity contribution in [3.8, 4) is 5.88 Å². The van der Waals surface area contributed by atoms with Crippen LogP contribution in [-0.2, 0) is 7.05 Å². The third kappa shape index (κ3) is 3.08. The van der Waals surface area contributed by atoms with Gasteiger partial charge in [-0.2, -0.15) is 4.98 Å². The number of aryl methyl sites for hydroxylation is 1. The summed E-state index contributed by atoms with van der Waals surface area (Å²) < 4.78 is 8.16. The van der Waals surface area contributed by atoms with Crippen molar-refractivity contribution < 1.29 is 4.74 Å². The highest BCUT2D eigenvalue weighted by Gasteiger charge is 2.29. The second-order valence-corrected chi connectivity index (χ2v) is 7.62. The Labute approximate surface area is 146 Å². The van der Waals surface area contributed by atoms with E-state index in [9.17, 15) is 9.59 Å². The zero-order valence-corrected chi connectivity index (χ0v) is 15.6. The number of rotatable bonds is 2. The number of aromatic nitrogens is 3. The molecular weight excluding hydrogens is 320 g/mol. The number of hydrogen-bond donors (Lipinski definition) is 0. The summed E-state index contributed by atoms with van der Waals surface area (Å²) in [6, 6.07) is 3.46. The van der Waals surface area contributed by atoms with Crippen molar-refractivity contribution in [3.63, 3.8) is 0 Å². The number of ether oxygens (including phenoxy) is 1. The molecule has 3 heterocycles. The Hall–Kier alpha value is -2.15. The lowest BCUT2D eigenvalue weighted by molar-refractivity contribution is 0.0897. The molecule has 136 valence electrons. The van der Waals surface area contributed by atoms with E-state index in [1.165, 1.54) is 4.57 Å². The van der Waals surface area contributed by atoms with Gasteiger partial charge in [0.1, 0.15) is 0 Å². The van der Waals surface area contributed by atoms with Gasteiger partial charge in [-0.3, -0.25) is 19.1 Å². The minimum Gasteiger partial charge on any atom is -0.481 e. The quantitative estimate of drug-likeness (QED) is 0.772. The number of pyridine rings is 1. The molecule has 1 aliphatic rings. The molecule has 0 atom stereocenters. The molecule has 0 unspecified atom stereocenters. The molecule has 2 aromatic heterocycles. The van der Waals surface area contributed by atoms with E-state index < -0.39 is 11.1 Å². The average Bonchev–Trinajstić information content (AvgIpc) is 2.59. The van der Waals surface area contributed by atoms with Crippen molar-refractivity contribution in [1.82, 2.24) is 19.0 Å². The summed E-state index contributed by atoms with van der Waals surface area (Å²) in [5.41, 5.74) is 0.235. The minimum absolute atomic E-state index is 0.0258. The predicted molar refractivity (Wildman–Crippen MR) is 97.4 cm³/mol. The van der Waals surface area contributed by atoms with Crippen molar-refractivity contribution in [2.24, 2.45) is 7.05 Å². The van der Waals surface area contributed by atoms with Gasteiger partial charge in [-0.05, 0) is 39.7 Å². The second kappa shape index (κ2) is 6.29. The van der Waals surface area contributed by atoms with Crippen molar-refractivity contribution in [3.05, 3.63) is 32.8 Å². The zero-order valence-electron chi connectivity index (χ0n) is 15.6. The third-order valence-electron chi connectivity index (χ3n) is 5.11. The molecule has 0 N–H and O–H groups in total. The van der Waals surface area contributed by atoms with Gasteiger partial charge in [0.05, 0.1) is 12.6 Å². The summed E-state index contributed by atoms with van der Waals surface area (Å²) >= 11 is 0. The molecule has 0 radical (unpaired) electrons. The fraction of sp³-hybridized carbons (Fsp3) is 0.611. The Morgan fingerprint density at radius 1 is 1.12 bits per heavy atom. The van der Waals surface area contributed by atoms with Crippen LogP contribution in [0.3, 0.4) is 0 Å². The van der Waals surface area contributed by atoms with E-state index in [2.05, 4.69) is 30.7 Å². The average molecular weight is 346 g/mol. The molecule has 25 heavy (non-hydrogen) atoms. The van der Waals surface area contributed by atoms with E-state index in [1.54, 1.807) is 30.9 Å². The van der Waals surface area contributed by atoms with E-state index in [0.29, 0.717) is 17.0 Å². The Morgan fingerprint density at radius 2 is 1.76 bits per heavy atom. The summed E-state index contributed by atoms with van der Waals surface area (Å²) in [6.45, 7) is 8.36. The fourth-order valence-corrected chi connectivity index (χ4v) is 3.56. The highest BCUT2D eigenvalue weighted by Crippen LogP contribution is 2.28. The Balaban J connectivity index is 2.10. The molecule has 0 aromatic carbocycles. The molecule has 3 rings (SSSR count). The monoisotopic (exact) mass is 346 g/mol. The van der Waals surface area contributed by atoms with Gasteiger partial charge in [0.2, 0.25) is 5.88 Å². The number of piperidine rings is 1. The van der Waals surface area contributed by atoms with Crippen LogP contribution >= 0.6 is 0 Å². The normalized spacial score (nSPS) is 17.2. The van der Waals surface area contributed by atoms with Gasteiger partial charge in [0, 0.05) is 37.8 Å². The Bertz CT molecular complexity index is 899. The first-order valence-corrected chi connectivity index (χ1v) is 8.65. The molecule has 0 bridgehead atoms. The van der Waals surface area contributed by atoms with E-state index >= 15 is 0 Å². The van der Waals surface area contributed by atoms with E-state index in [4.69, 9.17) is 4.74 Å². The molecule has 2 aromatic rings. The Morgan fingerprint density at radius 3 is 2.32 bits per heavy atom. The van der Waals surface area contributed by atoms with Crippen LogP contribution in [0.15, 0.2) is 21.7 Å². The molecule has 1 saturated heterocycles. The van der Waals surface area contributed by atoms with Crippen LogP contribution in [0.25, 0.3) is 11.2 Å². The van der Waals surface area contributed by atoms with Gasteiger partial charge < -0.3 is 9.30 Å². The first-order valence-electron chi connectivity index (χ1n) is 8.65. The maximum Gasteiger partial charge on any atom is 0.318 e. The highest BCUT2D eigenvalue weighted by molar-refractivity contribution is 5.71. The molecule has 0 amide bonds. The predicted octanol–water partition coefficient (Wildman–Crippen LogP) is 1.54. The highest BCUT2D eigenvalue weighted by atomic mass is 16.5. The standard InChI is InChI=1S/C18H26N4O3/c1-18(2,3)21-10-8-12(9-11-21)22-15-13(6-7-14(19-15)25-5)20(4)16(23)17(22)24/h6-7,12H,8-11H2,1-5H3.